The number of hydrogen-bond donors (Lipinski definition) is 1. The van der Waals surface area contributed by atoms with Crippen molar-refractivity contribution in [3.63, 3.8) is 0 Å². The van der Waals surface area contributed by atoms with Gasteiger partial charge in [0, 0.05) is 12.7 Å². The Morgan fingerprint density at radius 1 is 1.11 bits per heavy atom. The van der Waals surface area contributed by atoms with Crippen LogP contribution in [-0.2, 0) is 12.7 Å². The Bertz CT molecular complexity index is 511. The Morgan fingerprint density at radius 2 is 1.83 bits per heavy atom. The van der Waals surface area contributed by atoms with Gasteiger partial charge < -0.3 is 5.32 Å². The average Bonchev–Trinajstić information content (AvgIpc) is 2.37. The molecular formula is C12H10F3N3. The highest BCUT2D eigenvalue weighted by molar-refractivity contribution is 5.44. The average molecular weight is 253 g/mol. The van der Waals surface area contributed by atoms with Crippen LogP contribution in [0.2, 0.25) is 0 Å². The number of anilines is 1. The van der Waals surface area contributed by atoms with Crippen LogP contribution in [0.3, 0.4) is 0 Å². The predicted octanol–water partition coefficient (Wildman–Crippen LogP) is 3.11. The minimum absolute atomic E-state index is 0.207. The molecule has 3 nitrogen and oxygen atoms in total. The lowest BCUT2D eigenvalue weighted by Gasteiger charge is -2.12. The maximum Gasteiger partial charge on any atom is 0.421 e. The third kappa shape index (κ3) is 2.97. The zero-order valence-electron chi connectivity index (χ0n) is 9.28. The van der Waals surface area contributed by atoms with Gasteiger partial charge in [0.15, 0.2) is 0 Å². The first-order valence-electron chi connectivity index (χ1n) is 5.22. The van der Waals surface area contributed by atoms with Crippen LogP contribution in [-0.4, -0.2) is 9.97 Å². The minimum Gasteiger partial charge on any atom is -0.365 e. The van der Waals surface area contributed by atoms with Crippen LogP contribution in [0.4, 0.5) is 19.0 Å². The van der Waals surface area contributed by atoms with Crippen LogP contribution in [0.15, 0.2) is 42.9 Å². The van der Waals surface area contributed by atoms with Gasteiger partial charge in [0.2, 0.25) is 0 Å². The first kappa shape index (κ1) is 12.3. The molecule has 0 aliphatic rings. The van der Waals surface area contributed by atoms with Gasteiger partial charge in [-0.1, -0.05) is 30.3 Å². The fraction of sp³-hybridized carbons (Fsp3) is 0.167. The number of nitrogens with zero attached hydrogens (tertiary/aromatic N) is 2. The van der Waals surface area contributed by atoms with Gasteiger partial charge in [-0.3, -0.25) is 0 Å². The lowest BCUT2D eigenvalue weighted by Crippen LogP contribution is -2.12. The summed E-state index contributed by atoms with van der Waals surface area (Å²) in [7, 11) is 0. The third-order valence-electron chi connectivity index (χ3n) is 2.32. The summed E-state index contributed by atoms with van der Waals surface area (Å²) in [5.74, 6) is -0.207. The fourth-order valence-corrected chi connectivity index (χ4v) is 1.46. The lowest BCUT2D eigenvalue weighted by atomic mass is 10.2. The van der Waals surface area contributed by atoms with Gasteiger partial charge in [0.05, 0.1) is 0 Å². The van der Waals surface area contributed by atoms with E-state index in [0.717, 1.165) is 18.1 Å². The maximum absolute atomic E-state index is 12.7. The predicted molar refractivity (Wildman–Crippen MR) is 60.8 cm³/mol. The van der Waals surface area contributed by atoms with Crippen molar-refractivity contribution in [1.29, 1.82) is 0 Å². The second-order valence-electron chi connectivity index (χ2n) is 3.62. The molecule has 0 aliphatic carbocycles. The van der Waals surface area contributed by atoms with E-state index in [2.05, 4.69) is 15.3 Å². The molecule has 0 bridgehead atoms. The number of halogens is 3. The molecular weight excluding hydrogens is 243 g/mol. The van der Waals surface area contributed by atoms with Crippen molar-refractivity contribution < 1.29 is 13.2 Å². The number of hydrogen-bond acceptors (Lipinski definition) is 3. The zero-order valence-corrected chi connectivity index (χ0v) is 9.28. The zero-order chi connectivity index (χ0) is 13.0. The quantitative estimate of drug-likeness (QED) is 0.913. The molecule has 0 amide bonds. The van der Waals surface area contributed by atoms with E-state index >= 15 is 0 Å². The van der Waals surface area contributed by atoms with E-state index in [9.17, 15) is 13.2 Å². The Balaban J connectivity index is 2.15. The monoisotopic (exact) mass is 253 g/mol. The summed E-state index contributed by atoms with van der Waals surface area (Å²) in [6.45, 7) is 0.279. The normalized spacial score (nSPS) is 11.3. The fourth-order valence-electron chi connectivity index (χ4n) is 1.46. The maximum atomic E-state index is 12.7. The molecule has 2 rings (SSSR count). The summed E-state index contributed by atoms with van der Waals surface area (Å²) in [6.07, 6.45) is -2.61. The Morgan fingerprint density at radius 3 is 2.50 bits per heavy atom. The van der Waals surface area contributed by atoms with Crippen LogP contribution in [0.25, 0.3) is 0 Å². The molecule has 0 unspecified atom stereocenters. The number of benzene rings is 1. The van der Waals surface area contributed by atoms with Crippen LogP contribution in [0.5, 0.6) is 0 Å². The molecule has 1 heterocycles. The summed E-state index contributed by atoms with van der Waals surface area (Å²) < 4.78 is 38.0. The molecule has 1 aromatic carbocycles. The molecule has 94 valence electrons. The van der Waals surface area contributed by atoms with Crippen molar-refractivity contribution >= 4 is 5.82 Å². The number of alkyl halides is 3. The highest BCUT2D eigenvalue weighted by Gasteiger charge is 2.34. The van der Waals surface area contributed by atoms with Gasteiger partial charge in [0.25, 0.3) is 0 Å². The number of rotatable bonds is 3. The van der Waals surface area contributed by atoms with E-state index < -0.39 is 11.7 Å². The molecule has 0 saturated heterocycles. The smallest absolute Gasteiger partial charge is 0.365 e. The van der Waals surface area contributed by atoms with Crippen molar-refractivity contribution in [2.24, 2.45) is 0 Å². The van der Waals surface area contributed by atoms with Gasteiger partial charge in [-0.15, -0.1) is 0 Å². The molecule has 18 heavy (non-hydrogen) atoms. The van der Waals surface area contributed by atoms with Crippen molar-refractivity contribution in [2.45, 2.75) is 12.7 Å². The second kappa shape index (κ2) is 5.03. The third-order valence-corrected chi connectivity index (χ3v) is 2.32. The van der Waals surface area contributed by atoms with E-state index in [1.807, 2.05) is 30.3 Å². The molecule has 2 aromatic rings. The lowest BCUT2D eigenvalue weighted by molar-refractivity contribution is -0.137. The number of aromatic nitrogens is 2. The molecule has 0 spiro atoms. The largest absolute Gasteiger partial charge is 0.421 e. The molecule has 0 atom stereocenters. The first-order valence-corrected chi connectivity index (χ1v) is 5.22. The Kier molecular flexibility index (Phi) is 3.45. The van der Waals surface area contributed by atoms with E-state index in [1.165, 1.54) is 0 Å². The second-order valence-corrected chi connectivity index (χ2v) is 3.62. The van der Waals surface area contributed by atoms with Gasteiger partial charge in [-0.25, -0.2) is 9.97 Å². The van der Waals surface area contributed by atoms with Crippen molar-refractivity contribution in [3.05, 3.63) is 54.0 Å². The van der Waals surface area contributed by atoms with Gasteiger partial charge in [-0.2, -0.15) is 13.2 Å². The van der Waals surface area contributed by atoms with Crippen LogP contribution in [0, 0.1) is 0 Å². The molecule has 1 N–H and O–H groups in total. The number of nitrogens with one attached hydrogen (secondary N) is 1. The Hall–Kier alpha value is -2.11. The summed E-state index contributed by atoms with van der Waals surface area (Å²) >= 11 is 0. The molecule has 1 aromatic heterocycles. The summed E-state index contributed by atoms with van der Waals surface area (Å²) in [5.41, 5.74) is 0.0187. The minimum atomic E-state index is -4.46. The van der Waals surface area contributed by atoms with Gasteiger partial charge in [-0.05, 0) is 5.56 Å². The van der Waals surface area contributed by atoms with Crippen molar-refractivity contribution in [3.8, 4) is 0 Å². The van der Waals surface area contributed by atoms with Crippen LogP contribution in [0.1, 0.15) is 11.1 Å². The van der Waals surface area contributed by atoms with E-state index in [1.54, 1.807) is 0 Å². The van der Waals surface area contributed by atoms with E-state index in [-0.39, 0.29) is 12.4 Å². The van der Waals surface area contributed by atoms with E-state index in [4.69, 9.17) is 0 Å². The highest BCUT2D eigenvalue weighted by Crippen LogP contribution is 2.32. The SMILES string of the molecule is FC(F)(F)c1cncnc1NCc1ccccc1. The topological polar surface area (TPSA) is 37.8 Å². The molecule has 0 saturated carbocycles. The van der Waals surface area contributed by atoms with Crippen molar-refractivity contribution in [2.75, 3.05) is 5.32 Å². The molecule has 0 aliphatic heterocycles. The van der Waals surface area contributed by atoms with Gasteiger partial charge >= 0.3 is 6.18 Å². The molecule has 0 fully saturated rings. The van der Waals surface area contributed by atoms with E-state index in [0.29, 0.717) is 0 Å². The highest BCUT2D eigenvalue weighted by atomic mass is 19.4. The van der Waals surface area contributed by atoms with Gasteiger partial charge in [0.1, 0.15) is 17.7 Å². The van der Waals surface area contributed by atoms with Crippen molar-refractivity contribution in [1.82, 2.24) is 9.97 Å². The Labute approximate surface area is 102 Å². The first-order chi connectivity index (χ1) is 8.57. The standard InChI is InChI=1S/C12H10F3N3/c13-12(14,15)10-7-16-8-18-11(10)17-6-9-4-2-1-3-5-9/h1-5,7-8H,6H2,(H,16,17,18). The summed E-state index contributed by atoms with van der Waals surface area (Å²) in [5, 5.41) is 2.66. The summed E-state index contributed by atoms with van der Waals surface area (Å²) in [6, 6.07) is 9.13. The molecule has 0 radical (unpaired) electrons. The van der Waals surface area contributed by atoms with Crippen LogP contribution >= 0.6 is 0 Å². The van der Waals surface area contributed by atoms with Crippen LogP contribution < -0.4 is 5.32 Å². The summed E-state index contributed by atoms with van der Waals surface area (Å²) in [4.78, 5) is 7.01. The molecule has 6 heteroatoms.